The summed E-state index contributed by atoms with van der Waals surface area (Å²) < 4.78 is 16.3. The fourth-order valence-corrected chi connectivity index (χ4v) is 3.06. The minimum absolute atomic E-state index is 0.246. The van der Waals surface area contributed by atoms with Gasteiger partial charge in [0.15, 0.2) is 17.2 Å². The van der Waals surface area contributed by atoms with E-state index >= 15 is 0 Å². The zero-order valence-corrected chi connectivity index (χ0v) is 15.6. The summed E-state index contributed by atoms with van der Waals surface area (Å²) >= 11 is 0. The summed E-state index contributed by atoms with van der Waals surface area (Å²) in [6.45, 7) is 2.42. The number of carbonyl (C=O) groups excluding carboxylic acids is 1. The Morgan fingerprint density at radius 3 is 2.61 bits per heavy atom. The average molecular weight is 373 g/mol. The summed E-state index contributed by atoms with van der Waals surface area (Å²) in [5, 5.41) is 2.18. The first-order valence-electron chi connectivity index (χ1n) is 9.00. The van der Waals surface area contributed by atoms with E-state index in [1.165, 1.54) is 0 Å². The molecule has 0 amide bonds. The second-order valence-corrected chi connectivity index (χ2v) is 6.24. The van der Waals surface area contributed by atoms with Gasteiger partial charge in [0.1, 0.15) is 0 Å². The zero-order valence-electron chi connectivity index (χ0n) is 15.6. The molecule has 0 saturated heterocycles. The molecule has 5 heteroatoms. The number of esters is 1. The van der Waals surface area contributed by atoms with Crippen molar-refractivity contribution in [3.05, 3.63) is 77.5 Å². The van der Waals surface area contributed by atoms with Crippen LogP contribution in [0.4, 0.5) is 0 Å². The predicted octanol–water partition coefficient (Wildman–Crippen LogP) is 4.59. The van der Waals surface area contributed by atoms with Crippen molar-refractivity contribution in [2.45, 2.75) is 6.92 Å². The first-order valence-corrected chi connectivity index (χ1v) is 9.00. The van der Waals surface area contributed by atoms with Crippen LogP contribution in [0.15, 0.2) is 71.4 Å². The largest absolute Gasteiger partial charge is 0.493 e. The van der Waals surface area contributed by atoms with Gasteiger partial charge in [-0.05, 0) is 53.6 Å². The Balaban J connectivity index is 1.67. The molecule has 0 spiro atoms. The van der Waals surface area contributed by atoms with Crippen molar-refractivity contribution in [1.29, 1.82) is 0 Å². The maximum Gasteiger partial charge on any atom is 0.363 e. The van der Waals surface area contributed by atoms with Crippen molar-refractivity contribution >= 4 is 28.7 Å². The van der Waals surface area contributed by atoms with Crippen molar-refractivity contribution in [3.63, 3.8) is 0 Å². The molecular formula is C23H19NO4. The third-order valence-corrected chi connectivity index (χ3v) is 4.41. The predicted molar refractivity (Wildman–Crippen MR) is 109 cm³/mol. The summed E-state index contributed by atoms with van der Waals surface area (Å²) in [5.41, 5.74) is 1.79. The van der Waals surface area contributed by atoms with E-state index in [1.807, 2.05) is 61.5 Å². The fraction of sp³-hybridized carbons (Fsp3) is 0.130. The monoisotopic (exact) mass is 373 g/mol. The van der Waals surface area contributed by atoms with E-state index < -0.39 is 5.97 Å². The van der Waals surface area contributed by atoms with Crippen LogP contribution in [0.2, 0.25) is 0 Å². The first-order chi connectivity index (χ1) is 13.7. The lowest BCUT2D eigenvalue weighted by molar-refractivity contribution is -0.129. The van der Waals surface area contributed by atoms with Gasteiger partial charge in [-0.1, -0.05) is 36.4 Å². The molecule has 140 valence electrons. The maximum atomic E-state index is 12.3. The van der Waals surface area contributed by atoms with E-state index in [0.29, 0.717) is 24.0 Å². The molecule has 0 N–H and O–H groups in total. The van der Waals surface area contributed by atoms with Gasteiger partial charge < -0.3 is 14.2 Å². The Morgan fingerprint density at radius 1 is 1.00 bits per heavy atom. The summed E-state index contributed by atoms with van der Waals surface area (Å²) in [4.78, 5) is 16.7. The van der Waals surface area contributed by atoms with Gasteiger partial charge in [-0.3, -0.25) is 0 Å². The lowest BCUT2D eigenvalue weighted by atomic mass is 10.1. The third kappa shape index (κ3) is 3.47. The van der Waals surface area contributed by atoms with Crippen molar-refractivity contribution in [1.82, 2.24) is 0 Å². The SMILES string of the molecule is CCOc1cc(/C=C2/N=C(c3ccc4ccccc4c3)OC2=O)ccc1OC. The number of rotatable bonds is 5. The van der Waals surface area contributed by atoms with E-state index in [0.717, 1.165) is 21.9 Å². The molecule has 0 aliphatic carbocycles. The molecule has 28 heavy (non-hydrogen) atoms. The molecule has 0 bridgehead atoms. The van der Waals surface area contributed by atoms with Gasteiger partial charge in [0.2, 0.25) is 5.90 Å². The standard InChI is InChI=1S/C23H19NO4/c1-3-27-21-13-15(8-11-20(21)26-2)12-19-23(25)28-22(24-19)18-10-9-16-6-4-5-7-17(16)14-18/h4-14H,3H2,1-2H3/b19-12+. The molecule has 3 aromatic carbocycles. The number of ether oxygens (including phenoxy) is 3. The highest BCUT2D eigenvalue weighted by molar-refractivity contribution is 6.13. The van der Waals surface area contributed by atoms with Gasteiger partial charge in [0.05, 0.1) is 13.7 Å². The van der Waals surface area contributed by atoms with Crippen molar-refractivity contribution < 1.29 is 19.0 Å². The van der Waals surface area contributed by atoms with E-state index in [-0.39, 0.29) is 5.70 Å². The molecule has 3 aromatic rings. The molecule has 0 saturated carbocycles. The summed E-state index contributed by atoms with van der Waals surface area (Å²) in [6, 6.07) is 19.3. The Bertz CT molecular complexity index is 1110. The molecule has 4 rings (SSSR count). The highest BCUT2D eigenvalue weighted by Gasteiger charge is 2.24. The molecule has 0 atom stereocenters. The smallest absolute Gasteiger partial charge is 0.363 e. The topological polar surface area (TPSA) is 57.1 Å². The highest BCUT2D eigenvalue weighted by atomic mass is 16.6. The maximum absolute atomic E-state index is 12.3. The van der Waals surface area contributed by atoms with Crippen molar-refractivity contribution in [2.24, 2.45) is 4.99 Å². The molecule has 5 nitrogen and oxygen atoms in total. The molecule has 0 radical (unpaired) electrons. The average Bonchev–Trinajstić information content (AvgIpc) is 3.08. The number of hydrogen-bond acceptors (Lipinski definition) is 5. The molecule has 1 heterocycles. The van der Waals surface area contributed by atoms with Crippen molar-refractivity contribution in [3.8, 4) is 11.5 Å². The molecule has 0 fully saturated rings. The van der Waals surface area contributed by atoms with E-state index in [4.69, 9.17) is 14.2 Å². The van der Waals surface area contributed by atoms with Crippen LogP contribution in [-0.2, 0) is 9.53 Å². The fourth-order valence-electron chi connectivity index (χ4n) is 3.06. The molecule has 0 unspecified atom stereocenters. The normalized spacial score (nSPS) is 14.9. The number of benzene rings is 3. The minimum atomic E-state index is -0.475. The summed E-state index contributed by atoms with van der Waals surface area (Å²) in [6.07, 6.45) is 1.68. The highest BCUT2D eigenvalue weighted by Crippen LogP contribution is 2.30. The molecular weight excluding hydrogens is 354 g/mol. The zero-order chi connectivity index (χ0) is 19.5. The number of nitrogens with zero attached hydrogens (tertiary/aromatic N) is 1. The Kier molecular flexibility index (Phi) is 4.81. The van der Waals surface area contributed by atoms with Gasteiger partial charge in [0.25, 0.3) is 0 Å². The van der Waals surface area contributed by atoms with Gasteiger partial charge in [-0.15, -0.1) is 0 Å². The van der Waals surface area contributed by atoms with Crippen molar-refractivity contribution in [2.75, 3.05) is 13.7 Å². The van der Waals surface area contributed by atoms with Crippen LogP contribution in [0, 0.1) is 0 Å². The van der Waals surface area contributed by atoms with Crippen LogP contribution in [0.5, 0.6) is 11.5 Å². The lowest BCUT2D eigenvalue weighted by Crippen LogP contribution is -2.05. The van der Waals surface area contributed by atoms with Crippen LogP contribution in [0.3, 0.4) is 0 Å². The van der Waals surface area contributed by atoms with E-state index in [9.17, 15) is 4.79 Å². The molecule has 1 aliphatic rings. The van der Waals surface area contributed by atoms with Gasteiger partial charge >= 0.3 is 5.97 Å². The number of cyclic esters (lactones) is 1. The minimum Gasteiger partial charge on any atom is -0.493 e. The molecule has 0 aromatic heterocycles. The summed E-state index contributed by atoms with van der Waals surface area (Å²) in [5.74, 6) is 1.08. The van der Waals surface area contributed by atoms with Gasteiger partial charge in [-0.25, -0.2) is 9.79 Å². The number of fused-ring (bicyclic) bond motifs is 1. The second kappa shape index (κ2) is 7.56. The second-order valence-electron chi connectivity index (χ2n) is 6.24. The van der Waals surface area contributed by atoms with Crippen LogP contribution in [0.1, 0.15) is 18.1 Å². The number of methoxy groups -OCH3 is 1. The van der Waals surface area contributed by atoms with Gasteiger partial charge in [0, 0.05) is 5.56 Å². The number of carbonyl (C=O) groups is 1. The lowest BCUT2D eigenvalue weighted by Gasteiger charge is -2.09. The van der Waals surface area contributed by atoms with Crippen LogP contribution < -0.4 is 9.47 Å². The Hall–Kier alpha value is -3.60. The first kappa shape index (κ1) is 17.8. The number of aliphatic imine (C=N–C) groups is 1. The van der Waals surface area contributed by atoms with Crippen LogP contribution in [-0.4, -0.2) is 25.6 Å². The Morgan fingerprint density at radius 2 is 1.82 bits per heavy atom. The Labute approximate surface area is 162 Å². The van der Waals surface area contributed by atoms with Crippen LogP contribution >= 0.6 is 0 Å². The number of hydrogen-bond donors (Lipinski definition) is 0. The van der Waals surface area contributed by atoms with Crippen LogP contribution in [0.25, 0.3) is 16.8 Å². The van der Waals surface area contributed by atoms with E-state index in [1.54, 1.807) is 19.3 Å². The quantitative estimate of drug-likeness (QED) is 0.485. The van der Waals surface area contributed by atoms with E-state index in [2.05, 4.69) is 4.99 Å². The third-order valence-electron chi connectivity index (χ3n) is 4.41. The molecule has 1 aliphatic heterocycles. The van der Waals surface area contributed by atoms with Gasteiger partial charge in [-0.2, -0.15) is 0 Å². The summed E-state index contributed by atoms with van der Waals surface area (Å²) in [7, 11) is 1.59.